The fourth-order valence-corrected chi connectivity index (χ4v) is 1.92. The second kappa shape index (κ2) is 6.86. The van der Waals surface area contributed by atoms with Crippen molar-refractivity contribution in [2.75, 3.05) is 13.1 Å². The first-order chi connectivity index (χ1) is 7.59. The standard InChI is InChI=1S/C12H24N2O2/c1-9(2)11(15)7-13-8-12(16)14-10-5-3-4-6-10/h9-11,13,15H,3-8H2,1-2H3,(H,14,16). The van der Waals surface area contributed by atoms with E-state index in [9.17, 15) is 9.90 Å². The second-order valence-corrected chi connectivity index (χ2v) is 4.99. The third kappa shape index (κ3) is 4.94. The monoisotopic (exact) mass is 228 g/mol. The molecule has 0 aromatic rings. The van der Waals surface area contributed by atoms with Crippen molar-refractivity contribution in [1.29, 1.82) is 0 Å². The summed E-state index contributed by atoms with van der Waals surface area (Å²) in [4.78, 5) is 11.5. The molecule has 1 rings (SSSR count). The van der Waals surface area contributed by atoms with Crippen LogP contribution in [0.2, 0.25) is 0 Å². The van der Waals surface area contributed by atoms with Gasteiger partial charge >= 0.3 is 0 Å². The zero-order chi connectivity index (χ0) is 12.0. The Labute approximate surface area is 97.8 Å². The first-order valence-electron chi connectivity index (χ1n) is 6.27. The Balaban J connectivity index is 2.05. The van der Waals surface area contributed by atoms with Crippen LogP contribution in [0.3, 0.4) is 0 Å². The van der Waals surface area contributed by atoms with Crippen molar-refractivity contribution in [2.45, 2.75) is 51.7 Å². The molecule has 1 saturated carbocycles. The lowest BCUT2D eigenvalue weighted by molar-refractivity contribution is -0.121. The lowest BCUT2D eigenvalue weighted by Gasteiger charge is -2.16. The highest BCUT2D eigenvalue weighted by Crippen LogP contribution is 2.17. The molecule has 0 spiro atoms. The molecule has 0 bridgehead atoms. The molecular formula is C12H24N2O2. The Kier molecular flexibility index (Phi) is 5.77. The maximum atomic E-state index is 11.5. The molecule has 1 aliphatic carbocycles. The van der Waals surface area contributed by atoms with Gasteiger partial charge < -0.3 is 15.7 Å². The molecule has 1 amide bonds. The predicted molar refractivity (Wildman–Crippen MR) is 64.1 cm³/mol. The summed E-state index contributed by atoms with van der Waals surface area (Å²) in [6.07, 6.45) is 4.30. The summed E-state index contributed by atoms with van der Waals surface area (Å²) in [7, 11) is 0. The van der Waals surface area contributed by atoms with Crippen LogP contribution >= 0.6 is 0 Å². The quantitative estimate of drug-likeness (QED) is 0.625. The molecule has 0 aliphatic heterocycles. The van der Waals surface area contributed by atoms with Gasteiger partial charge in [-0.2, -0.15) is 0 Å². The highest BCUT2D eigenvalue weighted by molar-refractivity contribution is 5.78. The number of nitrogens with one attached hydrogen (secondary N) is 2. The number of carbonyl (C=O) groups is 1. The second-order valence-electron chi connectivity index (χ2n) is 4.99. The smallest absolute Gasteiger partial charge is 0.234 e. The van der Waals surface area contributed by atoms with Gasteiger partial charge in [0.05, 0.1) is 12.6 Å². The summed E-state index contributed by atoms with van der Waals surface area (Å²) in [5, 5.41) is 15.5. The average molecular weight is 228 g/mol. The average Bonchev–Trinajstić information content (AvgIpc) is 2.70. The van der Waals surface area contributed by atoms with E-state index in [2.05, 4.69) is 10.6 Å². The largest absolute Gasteiger partial charge is 0.392 e. The SMILES string of the molecule is CC(C)C(O)CNCC(=O)NC1CCCC1. The number of hydrogen-bond acceptors (Lipinski definition) is 3. The highest BCUT2D eigenvalue weighted by atomic mass is 16.3. The van der Waals surface area contributed by atoms with Crippen LogP contribution in [0.4, 0.5) is 0 Å². The molecule has 94 valence electrons. The van der Waals surface area contributed by atoms with Crippen LogP contribution in [-0.4, -0.2) is 36.2 Å². The van der Waals surface area contributed by atoms with Gasteiger partial charge in [0.1, 0.15) is 0 Å². The summed E-state index contributed by atoms with van der Waals surface area (Å²) in [5.74, 6) is 0.272. The Morgan fingerprint density at radius 1 is 1.38 bits per heavy atom. The van der Waals surface area contributed by atoms with Crippen LogP contribution in [0.5, 0.6) is 0 Å². The normalized spacial score (nSPS) is 19.0. The fourth-order valence-electron chi connectivity index (χ4n) is 1.92. The van der Waals surface area contributed by atoms with Crippen molar-refractivity contribution >= 4 is 5.91 Å². The van der Waals surface area contributed by atoms with E-state index in [1.54, 1.807) is 0 Å². The minimum Gasteiger partial charge on any atom is -0.392 e. The molecule has 0 aromatic heterocycles. The van der Waals surface area contributed by atoms with E-state index in [1.165, 1.54) is 12.8 Å². The molecule has 0 heterocycles. The maximum absolute atomic E-state index is 11.5. The molecule has 1 atom stereocenters. The van der Waals surface area contributed by atoms with Crippen LogP contribution in [0, 0.1) is 5.92 Å². The molecular weight excluding hydrogens is 204 g/mol. The number of aliphatic hydroxyl groups is 1. The van der Waals surface area contributed by atoms with Crippen molar-refractivity contribution in [3.8, 4) is 0 Å². The van der Waals surface area contributed by atoms with Gasteiger partial charge in [-0.05, 0) is 18.8 Å². The molecule has 1 aliphatic rings. The van der Waals surface area contributed by atoms with Crippen molar-refractivity contribution < 1.29 is 9.90 Å². The molecule has 1 fully saturated rings. The minimum absolute atomic E-state index is 0.0443. The van der Waals surface area contributed by atoms with E-state index in [0.29, 0.717) is 19.1 Å². The minimum atomic E-state index is -0.376. The number of carbonyl (C=O) groups excluding carboxylic acids is 1. The van der Waals surface area contributed by atoms with Crippen LogP contribution in [0.25, 0.3) is 0 Å². The topological polar surface area (TPSA) is 61.4 Å². The highest BCUT2D eigenvalue weighted by Gasteiger charge is 2.17. The summed E-state index contributed by atoms with van der Waals surface area (Å²) in [6, 6.07) is 0.379. The molecule has 16 heavy (non-hydrogen) atoms. The van der Waals surface area contributed by atoms with Crippen LogP contribution in [0.1, 0.15) is 39.5 Å². The van der Waals surface area contributed by atoms with E-state index in [-0.39, 0.29) is 17.9 Å². The van der Waals surface area contributed by atoms with Gasteiger partial charge in [-0.3, -0.25) is 4.79 Å². The molecule has 4 heteroatoms. The maximum Gasteiger partial charge on any atom is 0.234 e. The van der Waals surface area contributed by atoms with Crippen molar-refractivity contribution in [2.24, 2.45) is 5.92 Å². The van der Waals surface area contributed by atoms with Crippen molar-refractivity contribution in [3.05, 3.63) is 0 Å². The van der Waals surface area contributed by atoms with Gasteiger partial charge in [-0.25, -0.2) is 0 Å². The fraction of sp³-hybridized carbons (Fsp3) is 0.917. The molecule has 0 aromatic carbocycles. The first kappa shape index (κ1) is 13.5. The third-order valence-corrected chi connectivity index (χ3v) is 3.13. The van der Waals surface area contributed by atoms with Crippen LogP contribution < -0.4 is 10.6 Å². The van der Waals surface area contributed by atoms with E-state index in [0.717, 1.165) is 12.8 Å². The van der Waals surface area contributed by atoms with E-state index < -0.39 is 0 Å². The number of amides is 1. The van der Waals surface area contributed by atoms with Crippen LogP contribution in [-0.2, 0) is 4.79 Å². The van der Waals surface area contributed by atoms with Crippen molar-refractivity contribution in [1.82, 2.24) is 10.6 Å². The first-order valence-corrected chi connectivity index (χ1v) is 6.27. The Hall–Kier alpha value is -0.610. The zero-order valence-electron chi connectivity index (χ0n) is 10.3. The lowest BCUT2D eigenvalue weighted by Crippen LogP contribution is -2.41. The van der Waals surface area contributed by atoms with Crippen molar-refractivity contribution in [3.63, 3.8) is 0 Å². The molecule has 3 N–H and O–H groups in total. The van der Waals surface area contributed by atoms with Crippen LogP contribution in [0.15, 0.2) is 0 Å². The summed E-state index contributed by atoms with van der Waals surface area (Å²) >= 11 is 0. The van der Waals surface area contributed by atoms with Gasteiger partial charge in [0.15, 0.2) is 0 Å². The summed E-state index contributed by atoms with van der Waals surface area (Å²) < 4.78 is 0. The van der Waals surface area contributed by atoms with E-state index in [1.807, 2.05) is 13.8 Å². The molecule has 0 saturated heterocycles. The van der Waals surface area contributed by atoms with E-state index in [4.69, 9.17) is 0 Å². The van der Waals surface area contributed by atoms with Gasteiger partial charge in [0, 0.05) is 12.6 Å². The Morgan fingerprint density at radius 2 is 2.00 bits per heavy atom. The van der Waals surface area contributed by atoms with Gasteiger partial charge in [0.2, 0.25) is 5.91 Å². The van der Waals surface area contributed by atoms with E-state index >= 15 is 0 Å². The van der Waals surface area contributed by atoms with Gasteiger partial charge in [-0.15, -0.1) is 0 Å². The van der Waals surface area contributed by atoms with Gasteiger partial charge in [0.25, 0.3) is 0 Å². The Morgan fingerprint density at radius 3 is 2.56 bits per heavy atom. The number of aliphatic hydroxyl groups excluding tert-OH is 1. The number of hydrogen-bond donors (Lipinski definition) is 3. The zero-order valence-corrected chi connectivity index (χ0v) is 10.3. The molecule has 1 unspecified atom stereocenters. The third-order valence-electron chi connectivity index (χ3n) is 3.13. The lowest BCUT2D eigenvalue weighted by atomic mass is 10.1. The summed E-state index contributed by atoms with van der Waals surface area (Å²) in [6.45, 7) is 4.71. The molecule has 4 nitrogen and oxygen atoms in total. The molecule has 0 radical (unpaired) electrons. The van der Waals surface area contributed by atoms with Gasteiger partial charge in [-0.1, -0.05) is 26.7 Å². The number of rotatable bonds is 6. The Bertz CT molecular complexity index is 213. The summed E-state index contributed by atoms with van der Waals surface area (Å²) in [5.41, 5.74) is 0. The predicted octanol–water partition coefficient (Wildman–Crippen LogP) is 0.652.